The van der Waals surface area contributed by atoms with Crippen LogP contribution in [0, 0.1) is 5.92 Å². The molecule has 8 nitrogen and oxygen atoms in total. The number of hydrogen-bond acceptors (Lipinski definition) is 6. The fraction of sp³-hybridized carbons (Fsp3) is 0.444. The van der Waals surface area contributed by atoms with Gasteiger partial charge in [0, 0.05) is 31.0 Å². The summed E-state index contributed by atoms with van der Waals surface area (Å²) in [6.07, 6.45) is 0.421. The van der Waals surface area contributed by atoms with Crippen molar-refractivity contribution in [2.45, 2.75) is 26.7 Å². The molecule has 1 aromatic carbocycles. The number of methoxy groups -OCH3 is 2. The molecule has 26 heavy (non-hydrogen) atoms. The number of benzene rings is 1. The van der Waals surface area contributed by atoms with E-state index in [1.54, 1.807) is 32.4 Å². The Morgan fingerprint density at radius 3 is 2.35 bits per heavy atom. The number of ether oxygens (including phenoxy) is 2. The Labute approximate surface area is 152 Å². The van der Waals surface area contributed by atoms with Crippen LogP contribution >= 0.6 is 0 Å². The summed E-state index contributed by atoms with van der Waals surface area (Å²) >= 11 is 0. The Morgan fingerprint density at radius 2 is 1.81 bits per heavy atom. The van der Waals surface area contributed by atoms with Crippen LogP contribution in [-0.2, 0) is 11.2 Å². The molecule has 1 heterocycles. The monoisotopic (exact) mass is 360 g/mol. The van der Waals surface area contributed by atoms with Crippen molar-refractivity contribution in [2.75, 3.05) is 20.8 Å². The second-order valence-corrected chi connectivity index (χ2v) is 6.25. The summed E-state index contributed by atoms with van der Waals surface area (Å²) in [6.45, 7) is 4.64. The second kappa shape index (κ2) is 8.98. The molecule has 0 unspecified atom stereocenters. The number of H-pyrrole nitrogens is 1. The van der Waals surface area contributed by atoms with Gasteiger partial charge in [0.05, 0.1) is 14.2 Å². The summed E-state index contributed by atoms with van der Waals surface area (Å²) in [5.41, 5.74) is 0.476. The third-order valence-corrected chi connectivity index (χ3v) is 3.69. The number of nitrogens with zero attached hydrogens (tertiary/aromatic N) is 2. The van der Waals surface area contributed by atoms with Gasteiger partial charge in [-0.2, -0.15) is 0 Å². The SMILES string of the molecule is COc1cc(OC)cc(-c2nnc(CCC(=O)NCC(C)C)c(=O)[nH]2)c1. The number of aryl methyl sites for hydroxylation is 1. The van der Waals surface area contributed by atoms with E-state index in [-0.39, 0.29) is 30.0 Å². The van der Waals surface area contributed by atoms with E-state index in [0.29, 0.717) is 35.3 Å². The van der Waals surface area contributed by atoms with Crippen molar-refractivity contribution in [2.24, 2.45) is 5.92 Å². The Morgan fingerprint density at radius 1 is 1.15 bits per heavy atom. The van der Waals surface area contributed by atoms with E-state index in [2.05, 4.69) is 20.5 Å². The minimum absolute atomic E-state index is 0.110. The van der Waals surface area contributed by atoms with Gasteiger partial charge < -0.3 is 19.8 Å². The molecule has 0 atom stereocenters. The maximum Gasteiger partial charge on any atom is 0.273 e. The smallest absolute Gasteiger partial charge is 0.273 e. The third kappa shape index (κ3) is 5.30. The molecule has 140 valence electrons. The van der Waals surface area contributed by atoms with Crippen molar-refractivity contribution in [3.8, 4) is 22.9 Å². The van der Waals surface area contributed by atoms with E-state index >= 15 is 0 Å². The van der Waals surface area contributed by atoms with Crippen LogP contribution in [0.2, 0.25) is 0 Å². The van der Waals surface area contributed by atoms with Crippen molar-refractivity contribution >= 4 is 5.91 Å². The maximum atomic E-state index is 12.2. The summed E-state index contributed by atoms with van der Waals surface area (Å²) in [6, 6.07) is 5.17. The van der Waals surface area contributed by atoms with E-state index in [4.69, 9.17) is 9.47 Å². The topological polar surface area (TPSA) is 106 Å². The standard InChI is InChI=1S/C18H24N4O4/c1-11(2)10-19-16(23)6-5-15-18(24)20-17(22-21-15)12-7-13(25-3)9-14(8-12)26-4/h7-9,11H,5-6,10H2,1-4H3,(H,19,23)(H,20,22,24). The Hall–Kier alpha value is -2.90. The van der Waals surface area contributed by atoms with E-state index in [1.807, 2.05) is 13.8 Å². The van der Waals surface area contributed by atoms with Crippen molar-refractivity contribution in [1.82, 2.24) is 20.5 Å². The molecule has 0 aliphatic heterocycles. The molecule has 0 aliphatic carbocycles. The molecule has 0 fully saturated rings. The van der Waals surface area contributed by atoms with Crippen LogP contribution in [0.5, 0.6) is 11.5 Å². The molecular weight excluding hydrogens is 336 g/mol. The van der Waals surface area contributed by atoms with E-state index in [0.717, 1.165) is 0 Å². The lowest BCUT2D eigenvalue weighted by Crippen LogP contribution is -2.28. The van der Waals surface area contributed by atoms with Crippen LogP contribution in [0.3, 0.4) is 0 Å². The van der Waals surface area contributed by atoms with Gasteiger partial charge in [0.25, 0.3) is 5.56 Å². The Bertz CT molecular complexity index is 795. The fourth-order valence-corrected chi connectivity index (χ4v) is 2.24. The van der Waals surface area contributed by atoms with Gasteiger partial charge in [0.15, 0.2) is 5.82 Å². The molecule has 0 saturated carbocycles. The van der Waals surface area contributed by atoms with Crippen LogP contribution in [0.1, 0.15) is 26.0 Å². The highest BCUT2D eigenvalue weighted by Crippen LogP contribution is 2.27. The lowest BCUT2D eigenvalue weighted by Gasteiger charge is -2.08. The average Bonchev–Trinajstić information content (AvgIpc) is 2.64. The summed E-state index contributed by atoms with van der Waals surface area (Å²) in [7, 11) is 3.08. The molecule has 1 aromatic heterocycles. The number of nitrogens with one attached hydrogen (secondary N) is 2. The molecule has 8 heteroatoms. The van der Waals surface area contributed by atoms with Crippen molar-refractivity contribution < 1.29 is 14.3 Å². The largest absolute Gasteiger partial charge is 0.497 e. The number of aromatic nitrogens is 3. The van der Waals surface area contributed by atoms with E-state index in [1.165, 1.54) is 0 Å². The number of rotatable bonds is 8. The fourth-order valence-electron chi connectivity index (χ4n) is 2.24. The summed E-state index contributed by atoms with van der Waals surface area (Å²) in [4.78, 5) is 26.7. The summed E-state index contributed by atoms with van der Waals surface area (Å²) in [5.74, 6) is 1.73. The van der Waals surface area contributed by atoms with Crippen LogP contribution in [0.4, 0.5) is 0 Å². The molecule has 0 bridgehead atoms. The van der Waals surface area contributed by atoms with Crippen molar-refractivity contribution in [1.29, 1.82) is 0 Å². The van der Waals surface area contributed by atoms with Gasteiger partial charge in [0.1, 0.15) is 17.2 Å². The molecular formula is C18H24N4O4. The number of hydrogen-bond donors (Lipinski definition) is 2. The van der Waals surface area contributed by atoms with Gasteiger partial charge in [0.2, 0.25) is 5.91 Å². The first kappa shape index (κ1) is 19.4. The predicted molar refractivity (Wildman–Crippen MR) is 97.4 cm³/mol. The van der Waals surface area contributed by atoms with Gasteiger partial charge in [-0.3, -0.25) is 9.59 Å². The number of aromatic amines is 1. The van der Waals surface area contributed by atoms with Gasteiger partial charge in [-0.15, -0.1) is 10.2 Å². The van der Waals surface area contributed by atoms with Crippen LogP contribution in [0.25, 0.3) is 11.4 Å². The number of amides is 1. The minimum atomic E-state index is -0.367. The quantitative estimate of drug-likeness (QED) is 0.740. The summed E-state index contributed by atoms with van der Waals surface area (Å²) < 4.78 is 10.4. The molecule has 0 saturated heterocycles. The van der Waals surface area contributed by atoms with Crippen LogP contribution in [-0.4, -0.2) is 41.9 Å². The van der Waals surface area contributed by atoms with Crippen molar-refractivity contribution in [3.63, 3.8) is 0 Å². The average molecular weight is 360 g/mol. The molecule has 0 radical (unpaired) electrons. The normalized spacial score (nSPS) is 10.7. The molecule has 0 aliphatic rings. The van der Waals surface area contributed by atoms with Crippen molar-refractivity contribution in [3.05, 3.63) is 34.2 Å². The molecule has 2 aromatic rings. The zero-order chi connectivity index (χ0) is 19.1. The highest BCUT2D eigenvalue weighted by Gasteiger charge is 2.11. The highest BCUT2D eigenvalue weighted by molar-refractivity contribution is 5.76. The predicted octanol–water partition coefficient (Wildman–Crippen LogP) is 1.55. The Kier molecular flexibility index (Phi) is 6.71. The zero-order valence-corrected chi connectivity index (χ0v) is 15.5. The van der Waals surface area contributed by atoms with E-state index < -0.39 is 0 Å². The van der Waals surface area contributed by atoms with Crippen LogP contribution in [0.15, 0.2) is 23.0 Å². The maximum absolute atomic E-state index is 12.2. The lowest BCUT2D eigenvalue weighted by molar-refractivity contribution is -0.121. The molecule has 2 rings (SSSR count). The molecule has 2 N–H and O–H groups in total. The highest BCUT2D eigenvalue weighted by atomic mass is 16.5. The van der Waals surface area contributed by atoms with Gasteiger partial charge in [-0.1, -0.05) is 13.8 Å². The first-order chi connectivity index (χ1) is 12.4. The van der Waals surface area contributed by atoms with Gasteiger partial charge >= 0.3 is 0 Å². The minimum Gasteiger partial charge on any atom is -0.497 e. The van der Waals surface area contributed by atoms with Gasteiger partial charge in [-0.25, -0.2) is 0 Å². The number of carbonyl (C=O) groups excluding carboxylic acids is 1. The lowest BCUT2D eigenvalue weighted by atomic mass is 10.2. The van der Waals surface area contributed by atoms with Crippen LogP contribution < -0.4 is 20.3 Å². The first-order valence-corrected chi connectivity index (χ1v) is 8.39. The summed E-state index contributed by atoms with van der Waals surface area (Å²) in [5, 5.41) is 10.8. The first-order valence-electron chi connectivity index (χ1n) is 8.39. The third-order valence-electron chi connectivity index (χ3n) is 3.69. The number of carbonyl (C=O) groups is 1. The zero-order valence-electron chi connectivity index (χ0n) is 15.5. The molecule has 0 spiro atoms. The second-order valence-electron chi connectivity index (χ2n) is 6.25. The van der Waals surface area contributed by atoms with E-state index in [9.17, 15) is 9.59 Å². The van der Waals surface area contributed by atoms with Gasteiger partial charge in [-0.05, 0) is 18.1 Å². The Balaban J connectivity index is 2.12. The molecule has 1 amide bonds.